The fourth-order valence-corrected chi connectivity index (χ4v) is 2.63. The zero-order chi connectivity index (χ0) is 17.2. The lowest BCUT2D eigenvalue weighted by Gasteiger charge is -2.25. The van der Waals surface area contributed by atoms with Crippen molar-refractivity contribution in [2.45, 2.75) is 6.42 Å². The van der Waals surface area contributed by atoms with Crippen LogP contribution in [0, 0.1) is 46.5 Å². The number of fused-ring (bicyclic) bond motifs is 2. The van der Waals surface area contributed by atoms with Crippen LogP contribution < -0.4 is 10.9 Å². The van der Waals surface area contributed by atoms with Crippen LogP contribution in [0.15, 0.2) is 0 Å². The van der Waals surface area contributed by atoms with E-state index in [1.807, 2.05) is 0 Å². The van der Waals surface area contributed by atoms with Crippen molar-refractivity contribution in [3.05, 3.63) is 57.7 Å². The van der Waals surface area contributed by atoms with E-state index < -0.39 is 81.9 Å². The number of halogens is 8. The van der Waals surface area contributed by atoms with Crippen molar-refractivity contribution < 1.29 is 40.1 Å². The van der Waals surface area contributed by atoms with Gasteiger partial charge in [-0.05, 0) is 11.1 Å². The summed E-state index contributed by atoms with van der Waals surface area (Å²) in [5, 5.41) is 9.86. The van der Waals surface area contributed by atoms with Crippen molar-refractivity contribution in [1.82, 2.24) is 0 Å². The highest BCUT2D eigenvalue weighted by atomic mass is 19.2. The van der Waals surface area contributed by atoms with Crippen LogP contribution in [0.25, 0.3) is 0 Å². The summed E-state index contributed by atoms with van der Waals surface area (Å²) in [5.41, 5.74) is -4.41. The minimum atomic E-state index is -2.54. The van der Waals surface area contributed by atoms with E-state index in [-0.39, 0.29) is 0 Å². The molecule has 10 heteroatoms. The Labute approximate surface area is 123 Å². The smallest absolute Gasteiger partial charge is 0.365 e. The van der Waals surface area contributed by atoms with Gasteiger partial charge in [0.1, 0.15) is 0 Å². The van der Waals surface area contributed by atoms with Gasteiger partial charge in [0.05, 0.1) is 0 Å². The molecule has 0 atom stereocenters. The highest BCUT2D eigenvalue weighted by Crippen LogP contribution is 2.27. The summed E-state index contributed by atoms with van der Waals surface area (Å²) in [6.45, 7) is -2.54. The number of hydrogen-bond donors (Lipinski definition) is 1. The standard InChI is InChI=1S/C13H3BF8O/c15-6-2-1-3-5(9(18)13(22)11(20)7(3)16)14(23)4(2)8(17)12(21)10(6)19/h23H,1H2. The van der Waals surface area contributed by atoms with E-state index >= 15 is 0 Å². The Bertz CT molecular complexity index is 797. The van der Waals surface area contributed by atoms with Gasteiger partial charge in [-0.15, -0.1) is 0 Å². The molecule has 0 aromatic heterocycles. The van der Waals surface area contributed by atoms with E-state index in [0.717, 1.165) is 0 Å². The van der Waals surface area contributed by atoms with Crippen molar-refractivity contribution in [2.24, 2.45) is 0 Å². The molecular formula is C13H3BF8O. The third-order valence-electron chi connectivity index (χ3n) is 3.71. The molecule has 120 valence electrons. The molecule has 0 saturated carbocycles. The average molecular weight is 338 g/mol. The summed E-state index contributed by atoms with van der Waals surface area (Å²) in [5.74, 6) is -16.9. The second-order valence-electron chi connectivity index (χ2n) is 4.88. The third-order valence-corrected chi connectivity index (χ3v) is 3.71. The molecule has 0 saturated heterocycles. The summed E-state index contributed by atoms with van der Waals surface area (Å²) in [6, 6.07) is 0. The first-order chi connectivity index (χ1) is 10.7. The predicted octanol–water partition coefficient (Wildman–Crippen LogP) is 1.80. The minimum absolute atomic E-state index is 1.01. The Kier molecular flexibility index (Phi) is 3.40. The van der Waals surface area contributed by atoms with Gasteiger partial charge in [0, 0.05) is 17.3 Å². The summed E-state index contributed by atoms with van der Waals surface area (Å²) >= 11 is 0. The molecule has 23 heavy (non-hydrogen) atoms. The molecule has 0 aliphatic carbocycles. The summed E-state index contributed by atoms with van der Waals surface area (Å²) in [4.78, 5) is 0. The van der Waals surface area contributed by atoms with Crippen molar-refractivity contribution in [1.29, 1.82) is 0 Å². The average Bonchev–Trinajstić information content (AvgIpc) is 2.53. The monoisotopic (exact) mass is 338 g/mol. The molecule has 1 aliphatic heterocycles. The van der Waals surface area contributed by atoms with Gasteiger partial charge in [-0.2, -0.15) is 0 Å². The fraction of sp³-hybridized carbons (Fsp3) is 0.0769. The van der Waals surface area contributed by atoms with Gasteiger partial charge in [0.25, 0.3) is 0 Å². The Hall–Kier alpha value is -2.10. The molecule has 1 aliphatic rings. The van der Waals surface area contributed by atoms with E-state index in [4.69, 9.17) is 0 Å². The second-order valence-corrected chi connectivity index (χ2v) is 4.88. The number of rotatable bonds is 0. The first-order valence-electron chi connectivity index (χ1n) is 6.05. The van der Waals surface area contributed by atoms with Crippen molar-refractivity contribution in [3.8, 4) is 0 Å². The Morgan fingerprint density at radius 1 is 0.522 bits per heavy atom. The molecule has 2 aromatic carbocycles. The fourth-order valence-electron chi connectivity index (χ4n) is 2.63. The van der Waals surface area contributed by atoms with Crippen molar-refractivity contribution in [2.75, 3.05) is 0 Å². The molecule has 1 heterocycles. The molecule has 0 bridgehead atoms. The zero-order valence-electron chi connectivity index (χ0n) is 10.8. The largest absolute Gasteiger partial charge is 0.443 e. The molecule has 0 fully saturated rings. The van der Waals surface area contributed by atoms with Crippen molar-refractivity contribution in [3.63, 3.8) is 0 Å². The molecule has 1 N–H and O–H groups in total. The van der Waals surface area contributed by atoms with Crippen LogP contribution in [0.2, 0.25) is 0 Å². The maximum atomic E-state index is 13.8. The summed E-state index contributed by atoms with van der Waals surface area (Å²) in [6.07, 6.45) is -1.10. The lowest BCUT2D eigenvalue weighted by atomic mass is 9.49. The third kappa shape index (κ3) is 1.90. The van der Waals surface area contributed by atoms with Crippen LogP contribution in [0.5, 0.6) is 0 Å². The van der Waals surface area contributed by atoms with Gasteiger partial charge in [-0.3, -0.25) is 0 Å². The van der Waals surface area contributed by atoms with Gasteiger partial charge < -0.3 is 5.02 Å². The predicted molar refractivity (Wildman–Crippen MR) is 62.6 cm³/mol. The van der Waals surface area contributed by atoms with Gasteiger partial charge in [-0.1, -0.05) is 0 Å². The number of hydrogen-bond acceptors (Lipinski definition) is 1. The Balaban J connectivity index is 2.40. The van der Waals surface area contributed by atoms with Gasteiger partial charge in [0.2, 0.25) is 0 Å². The van der Waals surface area contributed by atoms with Gasteiger partial charge >= 0.3 is 6.92 Å². The van der Waals surface area contributed by atoms with Crippen LogP contribution in [0.3, 0.4) is 0 Å². The Morgan fingerprint density at radius 3 is 1.17 bits per heavy atom. The SMILES string of the molecule is OB1c2c(F)c(F)c(F)c(F)c2Cc2c(F)c(F)c(F)c(F)c21. The summed E-state index contributed by atoms with van der Waals surface area (Å²) in [7, 11) is 0. The number of benzene rings is 2. The first-order valence-corrected chi connectivity index (χ1v) is 6.05. The topological polar surface area (TPSA) is 20.2 Å². The molecule has 0 unspecified atom stereocenters. The molecule has 3 rings (SSSR count). The molecule has 0 amide bonds. The van der Waals surface area contributed by atoms with E-state index in [2.05, 4.69) is 0 Å². The van der Waals surface area contributed by atoms with Crippen LogP contribution in [-0.2, 0) is 6.42 Å². The highest BCUT2D eigenvalue weighted by Gasteiger charge is 2.42. The van der Waals surface area contributed by atoms with Gasteiger partial charge in [-0.25, -0.2) is 35.1 Å². The van der Waals surface area contributed by atoms with Crippen LogP contribution >= 0.6 is 0 Å². The zero-order valence-corrected chi connectivity index (χ0v) is 10.8. The molecule has 2 aromatic rings. The first kappa shape index (κ1) is 15.8. The molecule has 0 spiro atoms. The lowest BCUT2D eigenvalue weighted by molar-refractivity contribution is 0.399. The highest BCUT2D eigenvalue weighted by molar-refractivity contribution is 6.80. The van der Waals surface area contributed by atoms with Crippen LogP contribution in [0.4, 0.5) is 35.1 Å². The minimum Gasteiger partial charge on any atom is -0.443 e. The Morgan fingerprint density at radius 2 is 0.826 bits per heavy atom. The molecular weight excluding hydrogens is 335 g/mol. The van der Waals surface area contributed by atoms with E-state index in [9.17, 15) is 40.1 Å². The van der Waals surface area contributed by atoms with E-state index in [1.54, 1.807) is 0 Å². The van der Waals surface area contributed by atoms with Crippen LogP contribution in [-0.4, -0.2) is 11.9 Å². The maximum Gasteiger partial charge on any atom is 0.365 e. The lowest BCUT2D eigenvalue weighted by Crippen LogP contribution is -2.54. The van der Waals surface area contributed by atoms with Crippen molar-refractivity contribution >= 4 is 17.8 Å². The molecule has 0 radical (unpaired) electrons. The molecule has 1 nitrogen and oxygen atoms in total. The maximum absolute atomic E-state index is 13.8. The van der Waals surface area contributed by atoms with E-state index in [1.165, 1.54) is 0 Å². The van der Waals surface area contributed by atoms with E-state index in [0.29, 0.717) is 0 Å². The summed E-state index contributed by atoms with van der Waals surface area (Å²) < 4.78 is 108. The normalized spacial score (nSPS) is 13.2. The van der Waals surface area contributed by atoms with Crippen LogP contribution in [0.1, 0.15) is 11.1 Å². The quantitative estimate of drug-likeness (QED) is 0.336. The van der Waals surface area contributed by atoms with Gasteiger partial charge in [0.15, 0.2) is 46.5 Å². The second kappa shape index (κ2) is 4.95.